The molecule has 0 radical (unpaired) electrons. The Balaban J connectivity index is 4.31. The van der Waals surface area contributed by atoms with E-state index in [9.17, 15) is 14.4 Å². The molecular weight excluding hydrogens is 791 g/mol. The van der Waals surface area contributed by atoms with Gasteiger partial charge in [0.25, 0.3) is 0 Å². The van der Waals surface area contributed by atoms with Gasteiger partial charge in [0, 0.05) is 6.42 Å². The quantitative estimate of drug-likeness (QED) is 0.0486. The largest absolute Gasteiger partial charge is 0.466 e. The van der Waals surface area contributed by atoms with Crippen molar-refractivity contribution in [1.29, 1.82) is 0 Å². The van der Waals surface area contributed by atoms with E-state index in [0.717, 1.165) is 51.4 Å². The molecule has 0 bridgehead atoms. The fourth-order valence-corrected chi connectivity index (χ4v) is 9.10. The molecule has 0 aromatic heterocycles. The van der Waals surface area contributed by atoms with Crippen LogP contribution in [-0.2, 0) is 23.9 Å². The van der Waals surface area contributed by atoms with Crippen LogP contribution in [0.1, 0.15) is 335 Å². The Morgan fingerprint density at radius 3 is 0.828 bits per heavy atom. The van der Waals surface area contributed by atoms with E-state index in [4.69, 9.17) is 9.47 Å². The van der Waals surface area contributed by atoms with E-state index in [-0.39, 0.29) is 12.3 Å². The average Bonchev–Trinajstić information content (AvgIpc) is 3.29. The Labute approximate surface area is 400 Å². The van der Waals surface area contributed by atoms with Crippen molar-refractivity contribution in [3.63, 3.8) is 0 Å². The number of amides is 1. The van der Waals surface area contributed by atoms with E-state index in [0.29, 0.717) is 19.6 Å². The Hall–Kier alpha value is -1.59. The second-order valence-corrected chi connectivity index (χ2v) is 20.0. The summed E-state index contributed by atoms with van der Waals surface area (Å²) in [5.41, 5.74) is 0. The van der Waals surface area contributed by atoms with Gasteiger partial charge in [-0.3, -0.25) is 9.59 Å². The van der Waals surface area contributed by atoms with Gasteiger partial charge in [0.2, 0.25) is 5.91 Å². The fourth-order valence-electron chi connectivity index (χ4n) is 9.10. The molecule has 0 aliphatic carbocycles. The number of hydrogen-bond donors (Lipinski definition) is 1. The van der Waals surface area contributed by atoms with E-state index < -0.39 is 18.0 Å². The molecule has 0 aliphatic heterocycles. The SMILES string of the molecule is CCCCCCCCCCCCCCCCCCOC(=O)C[C@H](NC(=O)CCCCCCCCCCCCCCCCC)C(=O)OCCCCCCCCCCCCCCCCCC. The standard InChI is InChI=1S/C58H113NO5/c1-4-7-10-13-16-19-22-25-28-31-34-37-40-43-46-49-52-63-57(61)54-55(59-56(60)51-48-45-42-39-36-33-30-27-24-21-18-15-12-9-6-3)58(62)64-53-50-47-44-41-38-35-32-29-26-23-20-17-14-11-8-5-2/h55H,4-54H2,1-3H3,(H,59,60)/t55-/m0/s1. The van der Waals surface area contributed by atoms with Crippen molar-refractivity contribution in [2.24, 2.45) is 0 Å². The van der Waals surface area contributed by atoms with Crippen LogP contribution in [0.4, 0.5) is 0 Å². The summed E-state index contributed by atoms with van der Waals surface area (Å²) in [5, 5.41) is 2.85. The molecule has 64 heavy (non-hydrogen) atoms. The Morgan fingerprint density at radius 1 is 0.312 bits per heavy atom. The molecule has 0 aromatic rings. The molecule has 1 atom stereocenters. The first kappa shape index (κ1) is 62.4. The van der Waals surface area contributed by atoms with Crippen LogP contribution in [0.15, 0.2) is 0 Å². The molecule has 0 aliphatic rings. The zero-order chi connectivity index (χ0) is 46.5. The van der Waals surface area contributed by atoms with E-state index in [1.807, 2.05) is 0 Å². The Morgan fingerprint density at radius 2 is 0.547 bits per heavy atom. The van der Waals surface area contributed by atoms with Gasteiger partial charge >= 0.3 is 11.9 Å². The van der Waals surface area contributed by atoms with Gasteiger partial charge < -0.3 is 14.8 Å². The number of carbonyl (C=O) groups is 3. The zero-order valence-corrected chi connectivity index (χ0v) is 43.7. The molecular formula is C58H113NO5. The highest BCUT2D eigenvalue weighted by Gasteiger charge is 2.26. The van der Waals surface area contributed by atoms with Gasteiger partial charge in [-0.05, 0) is 19.3 Å². The maximum Gasteiger partial charge on any atom is 0.329 e. The summed E-state index contributed by atoms with van der Waals surface area (Å²) in [4.78, 5) is 39.0. The monoisotopic (exact) mass is 904 g/mol. The summed E-state index contributed by atoms with van der Waals surface area (Å²) in [6.45, 7) is 7.53. The smallest absolute Gasteiger partial charge is 0.329 e. The van der Waals surface area contributed by atoms with Crippen LogP contribution >= 0.6 is 0 Å². The minimum absolute atomic E-state index is 0.165. The van der Waals surface area contributed by atoms with Gasteiger partial charge in [-0.15, -0.1) is 0 Å². The number of rotatable bonds is 54. The topological polar surface area (TPSA) is 81.7 Å². The molecule has 0 fully saturated rings. The van der Waals surface area contributed by atoms with Crippen LogP contribution in [0.5, 0.6) is 0 Å². The molecule has 0 spiro atoms. The lowest BCUT2D eigenvalue weighted by molar-refractivity contribution is -0.154. The molecule has 0 rings (SSSR count). The van der Waals surface area contributed by atoms with Crippen molar-refractivity contribution in [2.75, 3.05) is 13.2 Å². The lowest BCUT2D eigenvalue weighted by Gasteiger charge is -2.17. The maximum absolute atomic E-state index is 13.2. The molecule has 0 saturated heterocycles. The summed E-state index contributed by atoms with van der Waals surface area (Å²) in [5.74, 6) is -1.12. The number of ether oxygens (including phenoxy) is 2. The lowest BCUT2D eigenvalue weighted by Crippen LogP contribution is -2.43. The highest BCUT2D eigenvalue weighted by molar-refractivity contribution is 5.88. The Kier molecular flexibility index (Phi) is 52.7. The van der Waals surface area contributed by atoms with Crippen molar-refractivity contribution in [3.05, 3.63) is 0 Å². The molecule has 0 heterocycles. The number of unbranched alkanes of at least 4 members (excludes halogenated alkanes) is 44. The minimum atomic E-state index is -0.983. The van der Waals surface area contributed by atoms with E-state index in [1.165, 1.54) is 250 Å². The highest BCUT2D eigenvalue weighted by atomic mass is 16.5. The fraction of sp³-hybridized carbons (Fsp3) is 0.948. The maximum atomic E-state index is 13.2. The third-order valence-electron chi connectivity index (χ3n) is 13.5. The number of esters is 2. The van der Waals surface area contributed by atoms with Crippen LogP contribution < -0.4 is 5.32 Å². The first-order chi connectivity index (χ1) is 31.5. The number of hydrogen-bond acceptors (Lipinski definition) is 5. The van der Waals surface area contributed by atoms with Crippen LogP contribution in [0.3, 0.4) is 0 Å². The van der Waals surface area contributed by atoms with Crippen molar-refractivity contribution < 1.29 is 23.9 Å². The molecule has 1 N–H and O–H groups in total. The van der Waals surface area contributed by atoms with E-state index >= 15 is 0 Å². The first-order valence-electron chi connectivity index (χ1n) is 29.2. The second-order valence-electron chi connectivity index (χ2n) is 20.0. The molecule has 380 valence electrons. The first-order valence-corrected chi connectivity index (χ1v) is 29.2. The van der Waals surface area contributed by atoms with E-state index in [1.54, 1.807) is 0 Å². The third-order valence-corrected chi connectivity index (χ3v) is 13.5. The Bertz CT molecular complexity index is 955. The summed E-state index contributed by atoms with van der Waals surface area (Å²) < 4.78 is 11.2. The molecule has 6 heteroatoms. The zero-order valence-electron chi connectivity index (χ0n) is 43.7. The number of nitrogens with one attached hydrogen (secondary N) is 1. The average molecular weight is 905 g/mol. The summed E-state index contributed by atoms with van der Waals surface area (Å²) in [7, 11) is 0. The van der Waals surface area contributed by atoms with Crippen molar-refractivity contribution in [1.82, 2.24) is 5.32 Å². The van der Waals surface area contributed by atoms with Gasteiger partial charge in [-0.2, -0.15) is 0 Å². The van der Waals surface area contributed by atoms with Crippen molar-refractivity contribution in [2.45, 2.75) is 341 Å². The molecule has 0 aromatic carbocycles. The molecule has 0 unspecified atom stereocenters. The molecule has 1 amide bonds. The van der Waals surface area contributed by atoms with Crippen LogP contribution in [0.2, 0.25) is 0 Å². The summed E-state index contributed by atoms with van der Waals surface area (Å²) in [6.07, 6.45) is 60.9. The van der Waals surface area contributed by atoms with E-state index in [2.05, 4.69) is 26.1 Å². The molecule has 0 saturated carbocycles. The predicted molar refractivity (Wildman–Crippen MR) is 277 cm³/mol. The second kappa shape index (κ2) is 54.0. The normalized spacial score (nSPS) is 11.9. The summed E-state index contributed by atoms with van der Waals surface area (Å²) in [6, 6.07) is -0.983. The van der Waals surface area contributed by atoms with Gasteiger partial charge in [0.1, 0.15) is 6.04 Å². The predicted octanol–water partition coefficient (Wildman–Crippen LogP) is 18.7. The van der Waals surface area contributed by atoms with Crippen LogP contribution in [0.25, 0.3) is 0 Å². The van der Waals surface area contributed by atoms with Gasteiger partial charge in [-0.25, -0.2) is 4.79 Å². The lowest BCUT2D eigenvalue weighted by atomic mass is 10.0. The number of carbonyl (C=O) groups excluding carboxylic acids is 3. The summed E-state index contributed by atoms with van der Waals surface area (Å²) >= 11 is 0. The van der Waals surface area contributed by atoms with Gasteiger partial charge in [0.15, 0.2) is 0 Å². The van der Waals surface area contributed by atoms with Crippen molar-refractivity contribution in [3.8, 4) is 0 Å². The van der Waals surface area contributed by atoms with Gasteiger partial charge in [0.05, 0.1) is 19.6 Å². The van der Waals surface area contributed by atoms with Gasteiger partial charge in [-0.1, -0.05) is 303 Å². The highest BCUT2D eigenvalue weighted by Crippen LogP contribution is 2.17. The van der Waals surface area contributed by atoms with Crippen LogP contribution in [-0.4, -0.2) is 37.1 Å². The van der Waals surface area contributed by atoms with Crippen molar-refractivity contribution >= 4 is 17.8 Å². The van der Waals surface area contributed by atoms with Crippen LogP contribution in [0, 0.1) is 0 Å². The minimum Gasteiger partial charge on any atom is -0.466 e. The third kappa shape index (κ3) is 49.8. The molecule has 6 nitrogen and oxygen atoms in total.